The molecule has 0 aliphatic carbocycles. The third-order valence-corrected chi connectivity index (χ3v) is 3.42. The van der Waals surface area contributed by atoms with Gasteiger partial charge in [0.05, 0.1) is 6.61 Å². The normalized spacial score (nSPS) is 12.6. The summed E-state index contributed by atoms with van der Waals surface area (Å²) in [6.45, 7) is 5.91. The number of likely N-dealkylation sites (N-methyl/N-ethyl adjacent to an activating group) is 1. The molecule has 1 aromatic carbocycles. The Hall–Kier alpha value is -1.81. The van der Waals surface area contributed by atoms with E-state index in [0.29, 0.717) is 12.6 Å². The third-order valence-electron chi connectivity index (χ3n) is 3.42. The SMILES string of the molecule is CCN(c1ccc(N)c2ccncc12)C(C)COC. The van der Waals surface area contributed by atoms with Gasteiger partial charge in [0, 0.05) is 54.2 Å². The molecule has 1 atom stereocenters. The van der Waals surface area contributed by atoms with Crippen LogP contribution in [0, 0.1) is 0 Å². The first-order valence-electron chi connectivity index (χ1n) is 6.56. The number of anilines is 2. The maximum atomic E-state index is 6.03. The van der Waals surface area contributed by atoms with Gasteiger partial charge in [-0.25, -0.2) is 0 Å². The van der Waals surface area contributed by atoms with Crippen molar-refractivity contribution in [2.24, 2.45) is 0 Å². The molecule has 0 fully saturated rings. The summed E-state index contributed by atoms with van der Waals surface area (Å²) < 4.78 is 5.26. The summed E-state index contributed by atoms with van der Waals surface area (Å²) in [6, 6.07) is 6.29. The molecule has 1 aromatic heterocycles. The number of fused-ring (bicyclic) bond motifs is 1. The lowest BCUT2D eigenvalue weighted by atomic mass is 10.1. The number of nitrogen functional groups attached to an aromatic ring is 1. The number of nitrogens with two attached hydrogens (primary N) is 1. The lowest BCUT2D eigenvalue weighted by Gasteiger charge is -2.31. The number of hydrogen-bond acceptors (Lipinski definition) is 4. The average Bonchev–Trinajstić information content (AvgIpc) is 2.43. The van der Waals surface area contributed by atoms with E-state index in [1.807, 2.05) is 18.3 Å². The first kappa shape index (κ1) is 13.6. The van der Waals surface area contributed by atoms with Crippen LogP contribution in [0.5, 0.6) is 0 Å². The van der Waals surface area contributed by atoms with Crippen molar-refractivity contribution >= 4 is 22.1 Å². The fraction of sp³-hybridized carbons (Fsp3) is 0.400. The van der Waals surface area contributed by atoms with Crippen LogP contribution in [0.2, 0.25) is 0 Å². The fourth-order valence-corrected chi connectivity index (χ4v) is 2.50. The van der Waals surface area contributed by atoms with Gasteiger partial charge in [0.2, 0.25) is 0 Å². The monoisotopic (exact) mass is 259 g/mol. The number of pyridine rings is 1. The summed E-state index contributed by atoms with van der Waals surface area (Å²) in [7, 11) is 1.73. The maximum absolute atomic E-state index is 6.03. The minimum absolute atomic E-state index is 0.307. The molecule has 0 saturated carbocycles. The highest BCUT2D eigenvalue weighted by atomic mass is 16.5. The molecule has 0 aliphatic rings. The molecule has 2 aromatic rings. The molecule has 0 bridgehead atoms. The van der Waals surface area contributed by atoms with Gasteiger partial charge in [-0.15, -0.1) is 0 Å². The number of ether oxygens (including phenoxy) is 1. The van der Waals surface area contributed by atoms with E-state index in [0.717, 1.165) is 28.7 Å². The van der Waals surface area contributed by atoms with Gasteiger partial charge >= 0.3 is 0 Å². The fourth-order valence-electron chi connectivity index (χ4n) is 2.50. The van der Waals surface area contributed by atoms with Gasteiger partial charge in [-0.2, -0.15) is 0 Å². The Kier molecular flexibility index (Phi) is 4.22. The number of hydrogen-bond donors (Lipinski definition) is 1. The van der Waals surface area contributed by atoms with Gasteiger partial charge in [-0.3, -0.25) is 4.98 Å². The summed E-state index contributed by atoms with van der Waals surface area (Å²) in [5, 5.41) is 2.14. The Morgan fingerprint density at radius 3 is 2.79 bits per heavy atom. The minimum Gasteiger partial charge on any atom is -0.398 e. The highest BCUT2D eigenvalue weighted by Gasteiger charge is 2.15. The van der Waals surface area contributed by atoms with Crippen LogP contribution in [0.4, 0.5) is 11.4 Å². The van der Waals surface area contributed by atoms with E-state index in [2.05, 4.69) is 29.8 Å². The summed E-state index contributed by atoms with van der Waals surface area (Å²) in [4.78, 5) is 6.54. The highest BCUT2D eigenvalue weighted by molar-refractivity contribution is 6.00. The quantitative estimate of drug-likeness (QED) is 0.839. The minimum atomic E-state index is 0.307. The van der Waals surface area contributed by atoms with E-state index in [9.17, 15) is 0 Å². The number of aromatic nitrogens is 1. The third kappa shape index (κ3) is 2.63. The average molecular weight is 259 g/mol. The molecule has 0 aliphatic heterocycles. The van der Waals surface area contributed by atoms with Crippen molar-refractivity contribution in [2.75, 3.05) is 30.9 Å². The molecule has 19 heavy (non-hydrogen) atoms. The molecule has 2 rings (SSSR count). The zero-order chi connectivity index (χ0) is 13.8. The lowest BCUT2D eigenvalue weighted by molar-refractivity contribution is 0.182. The Labute approximate surface area is 114 Å². The van der Waals surface area contributed by atoms with Crippen molar-refractivity contribution in [1.29, 1.82) is 0 Å². The Morgan fingerprint density at radius 2 is 2.11 bits per heavy atom. The number of methoxy groups -OCH3 is 1. The van der Waals surface area contributed by atoms with Crippen molar-refractivity contribution in [3.8, 4) is 0 Å². The molecule has 0 spiro atoms. The predicted molar refractivity (Wildman–Crippen MR) is 80.5 cm³/mol. The summed E-state index contributed by atoms with van der Waals surface area (Å²) in [5.74, 6) is 0. The summed E-state index contributed by atoms with van der Waals surface area (Å²) in [6.07, 6.45) is 3.65. The van der Waals surface area contributed by atoms with Crippen LogP contribution in [0.15, 0.2) is 30.6 Å². The first-order valence-corrected chi connectivity index (χ1v) is 6.56. The van der Waals surface area contributed by atoms with E-state index >= 15 is 0 Å². The second kappa shape index (κ2) is 5.89. The van der Waals surface area contributed by atoms with E-state index < -0.39 is 0 Å². The highest BCUT2D eigenvalue weighted by Crippen LogP contribution is 2.31. The van der Waals surface area contributed by atoms with Crippen molar-refractivity contribution < 1.29 is 4.74 Å². The van der Waals surface area contributed by atoms with E-state index in [-0.39, 0.29) is 0 Å². The molecule has 0 saturated heterocycles. The number of rotatable bonds is 5. The standard InChI is InChI=1S/C15H21N3O/c1-4-18(11(2)10-19-3)15-6-5-14(16)12-7-8-17-9-13(12)15/h5-9,11H,4,10,16H2,1-3H3. The van der Waals surface area contributed by atoms with Gasteiger partial charge in [-0.1, -0.05) is 0 Å². The molecule has 1 heterocycles. The molecule has 1 unspecified atom stereocenters. The molecular weight excluding hydrogens is 238 g/mol. The number of nitrogens with zero attached hydrogens (tertiary/aromatic N) is 2. The second-order valence-corrected chi connectivity index (χ2v) is 4.69. The lowest BCUT2D eigenvalue weighted by Crippen LogP contribution is -2.36. The Balaban J connectivity index is 2.52. The van der Waals surface area contributed by atoms with Crippen molar-refractivity contribution in [3.05, 3.63) is 30.6 Å². The van der Waals surface area contributed by atoms with Crippen LogP contribution < -0.4 is 10.6 Å². The van der Waals surface area contributed by atoms with Gasteiger partial charge in [-0.05, 0) is 32.0 Å². The Bertz CT molecular complexity index is 556. The first-order chi connectivity index (χ1) is 9.19. The largest absolute Gasteiger partial charge is 0.398 e. The molecule has 4 heteroatoms. The van der Waals surface area contributed by atoms with Crippen molar-refractivity contribution in [1.82, 2.24) is 4.98 Å². The van der Waals surface area contributed by atoms with Crippen LogP contribution in [0.3, 0.4) is 0 Å². The van der Waals surface area contributed by atoms with Crippen molar-refractivity contribution in [3.63, 3.8) is 0 Å². The molecule has 0 radical (unpaired) electrons. The molecule has 4 nitrogen and oxygen atoms in total. The molecule has 2 N–H and O–H groups in total. The van der Waals surface area contributed by atoms with Crippen LogP contribution in [0.25, 0.3) is 10.8 Å². The van der Waals surface area contributed by atoms with Gasteiger partial charge in [0.15, 0.2) is 0 Å². The van der Waals surface area contributed by atoms with Crippen LogP contribution in [-0.4, -0.2) is 31.3 Å². The van der Waals surface area contributed by atoms with E-state index in [1.165, 1.54) is 0 Å². The molecular formula is C15H21N3O. The van der Waals surface area contributed by atoms with Crippen LogP contribution in [-0.2, 0) is 4.74 Å². The number of benzene rings is 1. The topological polar surface area (TPSA) is 51.4 Å². The zero-order valence-electron chi connectivity index (χ0n) is 11.8. The summed E-state index contributed by atoms with van der Waals surface area (Å²) >= 11 is 0. The Morgan fingerprint density at radius 1 is 1.32 bits per heavy atom. The molecule has 0 amide bonds. The predicted octanol–water partition coefficient (Wildman–Crippen LogP) is 2.68. The smallest absolute Gasteiger partial charge is 0.0663 e. The van der Waals surface area contributed by atoms with Crippen LogP contribution >= 0.6 is 0 Å². The maximum Gasteiger partial charge on any atom is 0.0663 e. The van der Waals surface area contributed by atoms with Gasteiger partial charge < -0.3 is 15.4 Å². The van der Waals surface area contributed by atoms with Crippen molar-refractivity contribution in [2.45, 2.75) is 19.9 Å². The van der Waals surface area contributed by atoms with E-state index in [4.69, 9.17) is 10.5 Å². The summed E-state index contributed by atoms with van der Waals surface area (Å²) in [5.41, 5.74) is 7.98. The zero-order valence-corrected chi connectivity index (χ0v) is 11.8. The molecule has 102 valence electrons. The van der Waals surface area contributed by atoms with Gasteiger partial charge in [0.25, 0.3) is 0 Å². The second-order valence-electron chi connectivity index (χ2n) is 4.69. The van der Waals surface area contributed by atoms with E-state index in [1.54, 1.807) is 13.3 Å². The van der Waals surface area contributed by atoms with Gasteiger partial charge in [0.1, 0.15) is 0 Å². The van der Waals surface area contributed by atoms with Crippen LogP contribution in [0.1, 0.15) is 13.8 Å².